The summed E-state index contributed by atoms with van der Waals surface area (Å²) in [4.78, 5) is 0. The summed E-state index contributed by atoms with van der Waals surface area (Å²) in [5.74, 6) is -0.263. The third-order valence-electron chi connectivity index (χ3n) is 2.59. The Morgan fingerprint density at radius 3 is 2.31 bits per heavy atom. The van der Waals surface area contributed by atoms with Crippen LogP contribution in [0.3, 0.4) is 0 Å². The van der Waals surface area contributed by atoms with Gasteiger partial charge in [0.15, 0.2) is 0 Å². The van der Waals surface area contributed by atoms with E-state index in [0.717, 1.165) is 0 Å². The summed E-state index contributed by atoms with van der Waals surface area (Å²) in [6, 6.07) is 0. The largest absolute Gasteiger partial charge is 0.509 e. The molecular formula is C9H13ClO3. The van der Waals surface area contributed by atoms with Gasteiger partial charge in [0.2, 0.25) is 0 Å². The lowest BCUT2D eigenvalue weighted by Crippen LogP contribution is -2.44. The predicted molar refractivity (Wildman–Crippen MR) is 50.5 cm³/mol. The third kappa shape index (κ3) is 1.37. The lowest BCUT2D eigenvalue weighted by molar-refractivity contribution is -0.0364. The second-order valence-corrected chi connectivity index (χ2v) is 3.88. The number of aliphatic hydroxyl groups excluding tert-OH is 2. The van der Waals surface area contributed by atoms with Gasteiger partial charge < -0.3 is 15.3 Å². The molecule has 0 aromatic heterocycles. The number of hydrogen-bond acceptors (Lipinski definition) is 3. The van der Waals surface area contributed by atoms with Crippen LogP contribution in [0.5, 0.6) is 0 Å². The average molecular weight is 205 g/mol. The van der Waals surface area contributed by atoms with Gasteiger partial charge >= 0.3 is 0 Å². The first-order chi connectivity index (χ1) is 5.80. The van der Waals surface area contributed by atoms with E-state index in [1.165, 1.54) is 6.92 Å². The molecule has 1 rings (SSSR count). The van der Waals surface area contributed by atoms with Gasteiger partial charge in [-0.15, -0.1) is 0 Å². The summed E-state index contributed by atoms with van der Waals surface area (Å²) < 4.78 is 0. The van der Waals surface area contributed by atoms with E-state index < -0.39 is 11.7 Å². The first kappa shape index (κ1) is 10.6. The van der Waals surface area contributed by atoms with E-state index in [-0.39, 0.29) is 5.76 Å². The van der Waals surface area contributed by atoms with Crippen molar-refractivity contribution in [2.24, 2.45) is 0 Å². The van der Waals surface area contributed by atoms with Gasteiger partial charge in [-0.1, -0.05) is 11.6 Å². The molecule has 3 N–H and O–H groups in total. The molecule has 2 atom stereocenters. The summed E-state index contributed by atoms with van der Waals surface area (Å²) in [5.41, 5.74) is -0.601. The molecule has 0 spiro atoms. The maximum atomic E-state index is 9.78. The van der Waals surface area contributed by atoms with Crippen molar-refractivity contribution in [3.8, 4) is 0 Å². The maximum absolute atomic E-state index is 9.78. The SMILES string of the molecule is CC1=C(O)C(O)C(C)(O)C(C)=C1Cl. The summed E-state index contributed by atoms with van der Waals surface area (Å²) >= 11 is 5.85. The van der Waals surface area contributed by atoms with Crippen LogP contribution in [0.2, 0.25) is 0 Å². The molecule has 0 aromatic carbocycles. The minimum Gasteiger partial charge on any atom is -0.509 e. The number of halogens is 1. The molecule has 0 aromatic rings. The summed E-state index contributed by atoms with van der Waals surface area (Å²) in [7, 11) is 0. The fraction of sp³-hybridized carbons (Fsp3) is 0.556. The van der Waals surface area contributed by atoms with Crippen LogP contribution in [0.1, 0.15) is 20.8 Å². The van der Waals surface area contributed by atoms with E-state index in [2.05, 4.69) is 0 Å². The van der Waals surface area contributed by atoms with Gasteiger partial charge in [-0.05, 0) is 26.3 Å². The Labute approximate surface area is 82.0 Å². The van der Waals surface area contributed by atoms with Gasteiger partial charge in [-0.2, -0.15) is 0 Å². The highest BCUT2D eigenvalue weighted by atomic mass is 35.5. The lowest BCUT2D eigenvalue weighted by Gasteiger charge is -2.34. The van der Waals surface area contributed by atoms with Crippen LogP contribution in [-0.2, 0) is 0 Å². The Morgan fingerprint density at radius 2 is 1.85 bits per heavy atom. The second-order valence-electron chi connectivity index (χ2n) is 3.50. The summed E-state index contributed by atoms with van der Waals surface area (Å²) in [6.45, 7) is 4.64. The molecule has 0 saturated carbocycles. The molecule has 1 aliphatic rings. The Hall–Kier alpha value is -0.510. The van der Waals surface area contributed by atoms with E-state index in [1.54, 1.807) is 13.8 Å². The lowest BCUT2D eigenvalue weighted by atomic mass is 9.83. The van der Waals surface area contributed by atoms with E-state index in [1.807, 2.05) is 0 Å². The van der Waals surface area contributed by atoms with Gasteiger partial charge in [0.1, 0.15) is 17.5 Å². The number of aliphatic hydroxyl groups is 3. The molecule has 0 bridgehead atoms. The molecule has 0 radical (unpaired) electrons. The highest BCUT2D eigenvalue weighted by Gasteiger charge is 2.41. The quantitative estimate of drug-likeness (QED) is 0.560. The van der Waals surface area contributed by atoms with E-state index in [4.69, 9.17) is 11.6 Å². The smallest absolute Gasteiger partial charge is 0.143 e. The Balaban J connectivity index is 3.32. The number of rotatable bonds is 0. The first-order valence-electron chi connectivity index (χ1n) is 3.97. The molecule has 0 heterocycles. The minimum absolute atomic E-state index is 0.263. The molecule has 2 unspecified atom stereocenters. The van der Waals surface area contributed by atoms with E-state index in [9.17, 15) is 15.3 Å². The van der Waals surface area contributed by atoms with Crippen molar-refractivity contribution in [3.05, 3.63) is 21.9 Å². The zero-order chi connectivity index (χ0) is 10.4. The summed E-state index contributed by atoms with van der Waals surface area (Å²) in [6.07, 6.45) is -1.30. The van der Waals surface area contributed by atoms with Crippen molar-refractivity contribution in [2.45, 2.75) is 32.5 Å². The highest BCUT2D eigenvalue weighted by Crippen LogP contribution is 2.37. The zero-order valence-corrected chi connectivity index (χ0v) is 8.55. The van der Waals surface area contributed by atoms with Gasteiger partial charge in [0.05, 0.1) is 0 Å². The van der Waals surface area contributed by atoms with Crippen LogP contribution in [0.25, 0.3) is 0 Å². The monoisotopic (exact) mass is 204 g/mol. The molecule has 0 aliphatic heterocycles. The molecule has 3 nitrogen and oxygen atoms in total. The molecule has 13 heavy (non-hydrogen) atoms. The zero-order valence-electron chi connectivity index (χ0n) is 7.80. The maximum Gasteiger partial charge on any atom is 0.143 e. The van der Waals surface area contributed by atoms with Crippen molar-refractivity contribution >= 4 is 11.6 Å². The van der Waals surface area contributed by atoms with Crippen LogP contribution in [0.4, 0.5) is 0 Å². The average Bonchev–Trinajstić information content (AvgIpc) is 2.09. The summed E-state index contributed by atoms with van der Waals surface area (Å²) in [5, 5.41) is 29.0. The fourth-order valence-corrected chi connectivity index (χ4v) is 1.58. The Bertz CT molecular complexity index is 302. The van der Waals surface area contributed by atoms with Gasteiger partial charge in [-0.3, -0.25) is 0 Å². The molecule has 1 aliphatic carbocycles. The van der Waals surface area contributed by atoms with Crippen molar-refractivity contribution in [1.82, 2.24) is 0 Å². The van der Waals surface area contributed by atoms with Crippen LogP contribution in [0.15, 0.2) is 21.9 Å². The van der Waals surface area contributed by atoms with E-state index >= 15 is 0 Å². The van der Waals surface area contributed by atoms with Gasteiger partial charge in [0, 0.05) is 10.6 Å². The molecule has 74 valence electrons. The third-order valence-corrected chi connectivity index (χ3v) is 3.16. The van der Waals surface area contributed by atoms with E-state index in [0.29, 0.717) is 16.2 Å². The molecule has 0 saturated heterocycles. The van der Waals surface area contributed by atoms with Crippen LogP contribution >= 0.6 is 11.6 Å². The topological polar surface area (TPSA) is 60.7 Å². The van der Waals surface area contributed by atoms with Crippen molar-refractivity contribution in [3.63, 3.8) is 0 Å². The van der Waals surface area contributed by atoms with Gasteiger partial charge in [0.25, 0.3) is 0 Å². The second kappa shape index (κ2) is 3.01. The van der Waals surface area contributed by atoms with Crippen molar-refractivity contribution < 1.29 is 15.3 Å². The molecular weight excluding hydrogens is 192 g/mol. The normalized spacial score (nSPS) is 35.7. The highest BCUT2D eigenvalue weighted by molar-refractivity contribution is 6.32. The molecule has 0 amide bonds. The molecule has 4 heteroatoms. The number of hydrogen-bond donors (Lipinski definition) is 3. The van der Waals surface area contributed by atoms with Crippen molar-refractivity contribution in [2.75, 3.05) is 0 Å². The number of allylic oxidation sites excluding steroid dienone is 2. The van der Waals surface area contributed by atoms with Crippen LogP contribution in [-0.4, -0.2) is 27.0 Å². The van der Waals surface area contributed by atoms with Crippen LogP contribution < -0.4 is 0 Å². The standard InChI is InChI=1S/C9H13ClO3/c1-4-6(10)5(2)9(3,13)8(12)7(4)11/h8,11-13H,1-3H3. The Morgan fingerprint density at radius 1 is 1.38 bits per heavy atom. The first-order valence-corrected chi connectivity index (χ1v) is 4.35. The Kier molecular flexibility index (Phi) is 2.45. The molecule has 0 fully saturated rings. The fourth-order valence-electron chi connectivity index (χ4n) is 1.29. The van der Waals surface area contributed by atoms with Gasteiger partial charge in [-0.25, -0.2) is 0 Å². The van der Waals surface area contributed by atoms with Crippen molar-refractivity contribution in [1.29, 1.82) is 0 Å². The predicted octanol–water partition coefficient (Wildman–Crippen LogP) is 1.46. The minimum atomic E-state index is -1.49. The van der Waals surface area contributed by atoms with Crippen LogP contribution in [0, 0.1) is 0 Å².